The third kappa shape index (κ3) is 2.90. The average molecular weight is 329 g/mol. The van der Waals surface area contributed by atoms with Crippen molar-refractivity contribution in [3.63, 3.8) is 0 Å². The van der Waals surface area contributed by atoms with Crippen LogP contribution in [-0.4, -0.2) is 28.3 Å². The Balaban J connectivity index is 2.27. The highest BCUT2D eigenvalue weighted by Gasteiger charge is 2.17. The minimum absolute atomic E-state index is 0.262. The summed E-state index contributed by atoms with van der Waals surface area (Å²) >= 11 is 3.10. The van der Waals surface area contributed by atoms with Gasteiger partial charge in [0, 0.05) is 13.5 Å². The zero-order valence-electron chi connectivity index (χ0n) is 9.89. The predicted octanol–water partition coefficient (Wildman–Crippen LogP) is 2.43. The van der Waals surface area contributed by atoms with Crippen molar-refractivity contribution in [1.82, 2.24) is 10.3 Å². The second kappa shape index (κ2) is 5.79. The number of rotatable bonds is 4. The summed E-state index contributed by atoms with van der Waals surface area (Å²) in [6, 6.07) is 4.53. The predicted molar refractivity (Wildman–Crippen MR) is 70.0 cm³/mol. The van der Waals surface area contributed by atoms with Crippen LogP contribution in [0.3, 0.4) is 0 Å². The molecule has 0 aliphatic carbocycles. The third-order valence-corrected chi connectivity index (χ3v) is 3.08. The van der Waals surface area contributed by atoms with E-state index in [0.29, 0.717) is 16.0 Å². The number of aromatic nitrogens is 2. The Labute approximate surface area is 116 Å². The first kappa shape index (κ1) is 13.5. The van der Waals surface area contributed by atoms with Gasteiger partial charge in [0.05, 0.1) is 4.47 Å². The van der Waals surface area contributed by atoms with Crippen molar-refractivity contribution < 1.29 is 14.2 Å². The summed E-state index contributed by atoms with van der Waals surface area (Å²) in [6.07, 6.45) is 0.262. The average Bonchev–Trinajstić information content (AvgIpc) is 2.88. The molecule has 0 unspecified atom stereocenters. The third-order valence-electron chi connectivity index (χ3n) is 2.47. The molecule has 2 N–H and O–H groups in total. The summed E-state index contributed by atoms with van der Waals surface area (Å²) in [5.41, 5.74) is 1.33. The fraction of sp³-hybridized carbons (Fsp3) is 0.182. The summed E-state index contributed by atoms with van der Waals surface area (Å²) in [6.45, 7) is 0. The number of benzene rings is 1. The molecule has 0 saturated carbocycles. The number of anilines is 1. The van der Waals surface area contributed by atoms with Crippen molar-refractivity contribution >= 4 is 27.5 Å². The molecule has 0 aliphatic rings. The fourth-order valence-electron chi connectivity index (χ4n) is 1.55. The molecule has 0 atom stereocenters. The monoisotopic (exact) mass is 328 g/mol. The largest absolute Gasteiger partial charge is 0.411 e. The molecule has 19 heavy (non-hydrogen) atoms. The molecule has 1 heterocycles. The number of oxime groups is 1. The highest BCUT2D eigenvalue weighted by atomic mass is 79.9. The summed E-state index contributed by atoms with van der Waals surface area (Å²) in [5.74, 6) is 0.0132. The van der Waals surface area contributed by atoms with Crippen LogP contribution in [0.4, 0.5) is 10.2 Å². The molecule has 2 rings (SSSR count). The Hall–Kier alpha value is -1.96. The number of halogens is 2. The van der Waals surface area contributed by atoms with Gasteiger partial charge in [0.15, 0.2) is 11.5 Å². The summed E-state index contributed by atoms with van der Waals surface area (Å²) in [7, 11) is 1.65. The van der Waals surface area contributed by atoms with Crippen LogP contribution in [0.25, 0.3) is 0 Å². The van der Waals surface area contributed by atoms with E-state index in [1.54, 1.807) is 19.2 Å². The van der Waals surface area contributed by atoms with Gasteiger partial charge in [0.1, 0.15) is 11.5 Å². The van der Waals surface area contributed by atoms with E-state index in [0.717, 1.165) is 5.56 Å². The number of hydrogen-bond acceptors (Lipinski definition) is 6. The lowest BCUT2D eigenvalue weighted by atomic mass is 10.1. The maximum Gasteiger partial charge on any atom is 0.200 e. The molecular formula is C11H10BrFN4O2. The van der Waals surface area contributed by atoms with Crippen LogP contribution in [0.1, 0.15) is 11.3 Å². The topological polar surface area (TPSA) is 83.5 Å². The van der Waals surface area contributed by atoms with Crippen molar-refractivity contribution in [2.45, 2.75) is 6.42 Å². The Morgan fingerprint density at radius 2 is 2.32 bits per heavy atom. The standard InChI is InChI=1S/C11H10BrFN4O2/c1-14-11-10(16-19-17-11)9(15-18)5-6-2-3-8(13)7(12)4-6/h2-4,18H,5H2,1H3,(H,14,17)/b15-9+. The number of nitrogens with zero attached hydrogens (tertiary/aromatic N) is 3. The Morgan fingerprint density at radius 1 is 1.53 bits per heavy atom. The van der Waals surface area contributed by atoms with E-state index in [1.165, 1.54) is 6.07 Å². The van der Waals surface area contributed by atoms with Gasteiger partial charge in [0.25, 0.3) is 0 Å². The first-order valence-corrected chi connectivity index (χ1v) is 6.10. The van der Waals surface area contributed by atoms with Crippen LogP contribution in [0.15, 0.2) is 32.5 Å². The molecule has 0 radical (unpaired) electrons. The van der Waals surface area contributed by atoms with Gasteiger partial charge in [-0.3, -0.25) is 0 Å². The smallest absolute Gasteiger partial charge is 0.200 e. The second-order valence-corrected chi connectivity index (χ2v) is 4.54. The number of nitrogens with one attached hydrogen (secondary N) is 1. The lowest BCUT2D eigenvalue weighted by molar-refractivity contribution is 0.304. The first-order chi connectivity index (χ1) is 9.15. The molecule has 0 fully saturated rings. The van der Waals surface area contributed by atoms with Crippen LogP contribution < -0.4 is 5.32 Å². The summed E-state index contributed by atoms with van der Waals surface area (Å²) in [4.78, 5) is 0. The van der Waals surface area contributed by atoms with Crippen molar-refractivity contribution in [3.05, 3.63) is 39.7 Å². The molecule has 2 aromatic rings. The molecule has 0 bridgehead atoms. The molecule has 0 aliphatic heterocycles. The van der Waals surface area contributed by atoms with E-state index < -0.39 is 0 Å². The van der Waals surface area contributed by atoms with E-state index in [2.05, 4.69) is 41.3 Å². The Bertz CT molecular complexity index is 614. The molecule has 0 amide bonds. The summed E-state index contributed by atoms with van der Waals surface area (Å²) < 4.78 is 18.1. The molecule has 8 heteroatoms. The van der Waals surface area contributed by atoms with Crippen molar-refractivity contribution in [1.29, 1.82) is 0 Å². The molecule has 100 valence electrons. The van der Waals surface area contributed by atoms with Gasteiger partial charge in [-0.05, 0) is 43.9 Å². The molecule has 6 nitrogen and oxygen atoms in total. The van der Waals surface area contributed by atoms with Gasteiger partial charge in [-0.2, -0.15) is 0 Å². The lowest BCUT2D eigenvalue weighted by Crippen LogP contribution is -2.09. The van der Waals surface area contributed by atoms with Crippen LogP contribution in [0.2, 0.25) is 0 Å². The maximum absolute atomic E-state index is 13.1. The minimum atomic E-state index is -0.356. The molecule has 0 spiro atoms. The zero-order valence-corrected chi connectivity index (χ0v) is 11.5. The number of hydrogen-bond donors (Lipinski definition) is 2. The first-order valence-electron chi connectivity index (χ1n) is 5.31. The van der Waals surface area contributed by atoms with E-state index >= 15 is 0 Å². The van der Waals surface area contributed by atoms with Gasteiger partial charge in [-0.1, -0.05) is 11.2 Å². The van der Waals surface area contributed by atoms with Gasteiger partial charge >= 0.3 is 0 Å². The van der Waals surface area contributed by atoms with Crippen LogP contribution in [0, 0.1) is 5.82 Å². The highest BCUT2D eigenvalue weighted by Crippen LogP contribution is 2.19. The second-order valence-electron chi connectivity index (χ2n) is 3.68. The maximum atomic E-state index is 13.1. The van der Waals surface area contributed by atoms with E-state index in [4.69, 9.17) is 5.21 Å². The van der Waals surface area contributed by atoms with Crippen molar-refractivity contribution in [2.24, 2.45) is 5.16 Å². The van der Waals surface area contributed by atoms with Gasteiger partial charge < -0.3 is 10.5 Å². The molecule has 1 aromatic carbocycles. The van der Waals surface area contributed by atoms with E-state index in [-0.39, 0.29) is 17.9 Å². The minimum Gasteiger partial charge on any atom is -0.411 e. The van der Waals surface area contributed by atoms with E-state index in [1.807, 2.05) is 0 Å². The highest BCUT2D eigenvalue weighted by molar-refractivity contribution is 9.10. The van der Waals surface area contributed by atoms with Crippen LogP contribution >= 0.6 is 15.9 Å². The van der Waals surface area contributed by atoms with Crippen molar-refractivity contribution in [3.8, 4) is 0 Å². The van der Waals surface area contributed by atoms with Gasteiger partial charge in [-0.15, -0.1) is 0 Å². The Kier molecular flexibility index (Phi) is 4.10. The SMILES string of the molecule is CNc1nonc1/C(Cc1ccc(F)c(Br)c1)=N/O. The quantitative estimate of drug-likeness (QED) is 0.511. The zero-order chi connectivity index (χ0) is 13.8. The van der Waals surface area contributed by atoms with E-state index in [9.17, 15) is 4.39 Å². The van der Waals surface area contributed by atoms with Gasteiger partial charge in [-0.25, -0.2) is 9.02 Å². The lowest BCUT2D eigenvalue weighted by Gasteiger charge is -2.04. The Morgan fingerprint density at radius 3 is 2.95 bits per heavy atom. The normalized spacial score (nSPS) is 11.6. The van der Waals surface area contributed by atoms with Crippen LogP contribution in [-0.2, 0) is 6.42 Å². The fourth-order valence-corrected chi connectivity index (χ4v) is 1.98. The van der Waals surface area contributed by atoms with Crippen LogP contribution in [0.5, 0.6) is 0 Å². The summed E-state index contributed by atoms with van der Waals surface area (Å²) in [5, 5.41) is 22.3. The molecule has 0 saturated heterocycles. The van der Waals surface area contributed by atoms with Crippen molar-refractivity contribution in [2.75, 3.05) is 12.4 Å². The molecule has 1 aromatic heterocycles. The molecular weight excluding hydrogens is 319 g/mol. The van der Waals surface area contributed by atoms with Gasteiger partial charge in [0.2, 0.25) is 0 Å².